The monoisotopic (exact) mass is 262 g/mol. The molecule has 0 aliphatic heterocycles. The Morgan fingerprint density at radius 3 is 2.44 bits per heavy atom. The molecule has 2 aromatic rings. The molecular weight excluding hydrogens is 244 g/mol. The molecule has 0 spiro atoms. The molecule has 0 aliphatic carbocycles. The Labute approximate surface area is 112 Å². The highest BCUT2D eigenvalue weighted by molar-refractivity contribution is 7.99. The molecule has 0 saturated carbocycles. The number of aryl methyl sites for hydroxylation is 2. The second kappa shape index (κ2) is 5.59. The summed E-state index contributed by atoms with van der Waals surface area (Å²) < 4.78 is 5.34. The number of hydrogen-bond acceptors (Lipinski definition) is 4. The Balaban J connectivity index is 2.04. The molecule has 2 atom stereocenters. The van der Waals surface area contributed by atoms with E-state index in [2.05, 4.69) is 43.1 Å². The summed E-state index contributed by atoms with van der Waals surface area (Å²) >= 11 is 1.57. The largest absolute Gasteiger partial charge is 0.440 e. The minimum atomic E-state index is -0.0252. The number of nitrogens with two attached hydrogens (primary N) is 1. The predicted molar refractivity (Wildman–Crippen MR) is 74.7 cm³/mol. The van der Waals surface area contributed by atoms with Gasteiger partial charge in [-0.3, -0.25) is 0 Å². The topological polar surface area (TPSA) is 52.0 Å². The summed E-state index contributed by atoms with van der Waals surface area (Å²) in [5, 5.41) is 0.897. The van der Waals surface area contributed by atoms with Crippen LogP contribution in [0.25, 0.3) is 0 Å². The molecule has 18 heavy (non-hydrogen) atoms. The summed E-state index contributed by atoms with van der Waals surface area (Å²) in [7, 11) is 0. The number of nitrogens with zero attached hydrogens (tertiary/aromatic N) is 1. The second-order valence-corrected chi connectivity index (χ2v) is 5.84. The van der Waals surface area contributed by atoms with Gasteiger partial charge in [0.1, 0.15) is 6.26 Å². The summed E-state index contributed by atoms with van der Waals surface area (Å²) in [5.41, 5.74) is 9.54. The zero-order valence-electron chi connectivity index (χ0n) is 10.9. The van der Waals surface area contributed by atoms with Gasteiger partial charge in [0.2, 0.25) is 0 Å². The van der Waals surface area contributed by atoms with Crippen LogP contribution in [0.15, 0.2) is 40.2 Å². The first-order valence-electron chi connectivity index (χ1n) is 5.97. The van der Waals surface area contributed by atoms with E-state index in [0.29, 0.717) is 5.22 Å². The summed E-state index contributed by atoms with van der Waals surface area (Å²) in [4.78, 5) is 4.28. The summed E-state index contributed by atoms with van der Waals surface area (Å²) in [6.07, 6.45) is 1.66. The van der Waals surface area contributed by atoms with Crippen LogP contribution >= 0.6 is 11.8 Å². The Hall–Kier alpha value is -1.26. The van der Waals surface area contributed by atoms with Gasteiger partial charge in [-0.15, -0.1) is 0 Å². The zero-order valence-corrected chi connectivity index (χ0v) is 11.7. The number of aromatic nitrogens is 1. The van der Waals surface area contributed by atoms with Crippen molar-refractivity contribution in [3.63, 3.8) is 0 Å². The lowest BCUT2D eigenvalue weighted by molar-refractivity contribution is 0.452. The number of hydrogen-bond donors (Lipinski definition) is 1. The van der Waals surface area contributed by atoms with Crippen LogP contribution in [0.3, 0.4) is 0 Å². The third-order valence-corrected chi connectivity index (χ3v) is 3.91. The fourth-order valence-electron chi connectivity index (χ4n) is 1.68. The highest BCUT2D eigenvalue weighted by Crippen LogP contribution is 2.30. The molecule has 0 amide bonds. The van der Waals surface area contributed by atoms with Crippen molar-refractivity contribution < 1.29 is 4.42 Å². The summed E-state index contributed by atoms with van der Waals surface area (Å²) in [6.45, 7) is 6.08. The molecule has 0 bridgehead atoms. The zero-order chi connectivity index (χ0) is 13.1. The van der Waals surface area contributed by atoms with Crippen molar-refractivity contribution in [1.82, 2.24) is 4.98 Å². The maximum Gasteiger partial charge on any atom is 0.256 e. The normalized spacial score (nSPS) is 14.4. The van der Waals surface area contributed by atoms with E-state index in [0.717, 1.165) is 11.3 Å². The van der Waals surface area contributed by atoms with Crippen LogP contribution < -0.4 is 5.73 Å². The van der Waals surface area contributed by atoms with E-state index in [1.54, 1.807) is 18.0 Å². The van der Waals surface area contributed by atoms with E-state index in [9.17, 15) is 0 Å². The summed E-state index contributed by atoms with van der Waals surface area (Å²) in [6, 6.07) is 8.31. The van der Waals surface area contributed by atoms with E-state index >= 15 is 0 Å². The average molecular weight is 262 g/mol. The number of oxazole rings is 1. The maximum absolute atomic E-state index is 6.25. The van der Waals surface area contributed by atoms with Crippen molar-refractivity contribution in [3.05, 3.63) is 47.3 Å². The van der Waals surface area contributed by atoms with E-state index in [1.165, 1.54) is 5.56 Å². The highest BCUT2D eigenvalue weighted by atomic mass is 32.2. The van der Waals surface area contributed by atoms with Gasteiger partial charge in [-0.1, -0.05) is 48.5 Å². The molecule has 2 unspecified atom stereocenters. The number of rotatable bonds is 4. The minimum absolute atomic E-state index is 0.0252. The molecule has 0 radical (unpaired) electrons. The van der Waals surface area contributed by atoms with Gasteiger partial charge in [-0.05, 0) is 19.4 Å². The molecule has 4 heteroatoms. The van der Waals surface area contributed by atoms with Gasteiger partial charge in [0.05, 0.1) is 5.69 Å². The Morgan fingerprint density at radius 2 is 1.89 bits per heavy atom. The fraction of sp³-hybridized carbons (Fsp3) is 0.357. The molecule has 1 heterocycles. The first kappa shape index (κ1) is 13.2. The van der Waals surface area contributed by atoms with Crippen LogP contribution in [-0.4, -0.2) is 10.2 Å². The molecule has 96 valence electrons. The first-order valence-corrected chi connectivity index (χ1v) is 6.85. The van der Waals surface area contributed by atoms with Gasteiger partial charge in [-0.2, -0.15) is 0 Å². The van der Waals surface area contributed by atoms with Crippen molar-refractivity contribution in [3.8, 4) is 0 Å². The molecule has 0 aliphatic rings. The first-order chi connectivity index (χ1) is 8.56. The van der Waals surface area contributed by atoms with E-state index in [1.807, 2.05) is 6.92 Å². The van der Waals surface area contributed by atoms with Gasteiger partial charge in [-0.25, -0.2) is 4.98 Å². The van der Waals surface area contributed by atoms with E-state index in [-0.39, 0.29) is 11.3 Å². The Kier molecular flexibility index (Phi) is 4.09. The van der Waals surface area contributed by atoms with Crippen molar-refractivity contribution >= 4 is 11.8 Å². The van der Waals surface area contributed by atoms with Gasteiger partial charge < -0.3 is 10.2 Å². The lowest BCUT2D eigenvalue weighted by Crippen LogP contribution is -2.21. The maximum atomic E-state index is 6.25. The number of benzene rings is 1. The van der Waals surface area contributed by atoms with Gasteiger partial charge >= 0.3 is 0 Å². The molecule has 0 fully saturated rings. The van der Waals surface area contributed by atoms with Gasteiger partial charge in [0, 0.05) is 11.3 Å². The highest BCUT2D eigenvalue weighted by Gasteiger charge is 2.18. The third kappa shape index (κ3) is 3.15. The van der Waals surface area contributed by atoms with Crippen LogP contribution in [0.2, 0.25) is 0 Å². The van der Waals surface area contributed by atoms with Crippen molar-refractivity contribution in [2.24, 2.45) is 5.73 Å². The van der Waals surface area contributed by atoms with Crippen molar-refractivity contribution in [1.29, 1.82) is 0 Å². The van der Waals surface area contributed by atoms with Crippen LogP contribution in [0.5, 0.6) is 0 Å². The molecule has 3 nitrogen and oxygen atoms in total. The van der Waals surface area contributed by atoms with Crippen LogP contribution in [0.4, 0.5) is 0 Å². The van der Waals surface area contributed by atoms with E-state index < -0.39 is 0 Å². The molecule has 2 N–H and O–H groups in total. The quantitative estimate of drug-likeness (QED) is 0.857. The van der Waals surface area contributed by atoms with E-state index in [4.69, 9.17) is 10.2 Å². The molecule has 0 saturated heterocycles. The van der Waals surface area contributed by atoms with Crippen molar-refractivity contribution in [2.75, 3.05) is 0 Å². The van der Waals surface area contributed by atoms with Crippen LogP contribution in [-0.2, 0) is 0 Å². The third-order valence-electron chi connectivity index (χ3n) is 2.85. The second-order valence-electron chi connectivity index (χ2n) is 4.51. The van der Waals surface area contributed by atoms with Crippen molar-refractivity contribution in [2.45, 2.75) is 37.3 Å². The van der Waals surface area contributed by atoms with Crippen LogP contribution in [0, 0.1) is 13.8 Å². The van der Waals surface area contributed by atoms with Gasteiger partial charge in [0.15, 0.2) is 0 Å². The Morgan fingerprint density at radius 1 is 1.22 bits per heavy atom. The predicted octanol–water partition coefficient (Wildman–Crippen LogP) is 3.47. The summed E-state index contributed by atoms with van der Waals surface area (Å²) in [5.74, 6) is 0. The smallest absolute Gasteiger partial charge is 0.256 e. The molecule has 1 aromatic heterocycles. The molecule has 1 aromatic carbocycles. The Bertz CT molecular complexity index is 507. The molecule has 2 rings (SSSR count). The average Bonchev–Trinajstić information content (AvgIpc) is 2.75. The number of thioether (sulfide) groups is 1. The van der Waals surface area contributed by atoms with Gasteiger partial charge in [0.25, 0.3) is 5.22 Å². The lowest BCUT2D eigenvalue weighted by Gasteiger charge is -2.18. The standard InChI is InChI=1S/C14H18N2OS/c1-9-4-6-12(7-5-9)13(15)11(3)18-14-16-10(2)8-17-14/h4-8,11,13H,15H2,1-3H3. The molecular formula is C14H18N2OS. The fourth-order valence-corrected chi connectivity index (χ4v) is 2.60. The SMILES string of the molecule is Cc1ccc(C(N)C(C)Sc2nc(C)co2)cc1. The van der Waals surface area contributed by atoms with Crippen LogP contribution in [0.1, 0.15) is 29.8 Å². The minimum Gasteiger partial charge on any atom is -0.440 e. The lowest BCUT2D eigenvalue weighted by atomic mass is 10.0.